The Morgan fingerprint density at radius 2 is 1.73 bits per heavy atom. The van der Waals surface area contributed by atoms with E-state index in [0.29, 0.717) is 30.3 Å². The first-order valence-electron chi connectivity index (χ1n) is 7.48. The molecule has 0 heterocycles. The third kappa shape index (κ3) is 7.31. The van der Waals surface area contributed by atoms with E-state index in [4.69, 9.17) is 0 Å². The number of hydrogen-bond donors (Lipinski definition) is 3. The van der Waals surface area contributed by atoms with E-state index < -0.39 is 10.0 Å². The van der Waals surface area contributed by atoms with Crippen LogP contribution in [-0.4, -0.2) is 26.7 Å². The molecule has 2 amide bonds. The Balaban J connectivity index is 2.49. The summed E-state index contributed by atoms with van der Waals surface area (Å²) < 4.78 is 25.8. The van der Waals surface area contributed by atoms with E-state index in [1.807, 2.05) is 6.92 Å². The van der Waals surface area contributed by atoms with Crippen LogP contribution in [0.15, 0.2) is 24.3 Å². The molecule has 0 bridgehead atoms. The van der Waals surface area contributed by atoms with Crippen LogP contribution in [0.1, 0.15) is 33.6 Å². The highest BCUT2D eigenvalue weighted by atomic mass is 32.2. The summed E-state index contributed by atoms with van der Waals surface area (Å²) in [5.41, 5.74) is 1.10. The second kappa shape index (κ2) is 8.63. The topological polar surface area (TPSA) is 87.3 Å². The standard InChI is InChI=1S/C15H25N3O3S/c1-4-11-22(20,21)18-14-7-5-13(6-8-14)17-15(19)16-10-9-12(2)3/h5-8,12,18H,4,9-11H2,1-3H3,(H2,16,17,19). The Morgan fingerprint density at radius 1 is 1.14 bits per heavy atom. The highest BCUT2D eigenvalue weighted by Crippen LogP contribution is 2.15. The predicted octanol–water partition coefficient (Wildman–Crippen LogP) is 3.01. The van der Waals surface area contributed by atoms with Gasteiger partial charge in [-0.1, -0.05) is 20.8 Å². The number of carbonyl (C=O) groups excluding carboxylic acids is 1. The van der Waals surface area contributed by atoms with E-state index in [0.717, 1.165) is 6.42 Å². The lowest BCUT2D eigenvalue weighted by Gasteiger charge is -2.10. The van der Waals surface area contributed by atoms with Crippen LogP contribution in [0.5, 0.6) is 0 Å². The number of hydrogen-bond acceptors (Lipinski definition) is 3. The molecule has 0 radical (unpaired) electrons. The van der Waals surface area contributed by atoms with E-state index in [9.17, 15) is 13.2 Å². The summed E-state index contributed by atoms with van der Waals surface area (Å²) in [6.07, 6.45) is 1.48. The highest BCUT2D eigenvalue weighted by Gasteiger charge is 2.08. The Labute approximate surface area is 132 Å². The molecule has 0 unspecified atom stereocenters. The van der Waals surface area contributed by atoms with E-state index in [1.54, 1.807) is 24.3 Å². The number of sulfonamides is 1. The maximum absolute atomic E-state index is 11.7. The third-order valence-corrected chi connectivity index (χ3v) is 4.39. The van der Waals surface area contributed by atoms with E-state index in [1.165, 1.54) is 0 Å². The Kier molecular flexibility index (Phi) is 7.17. The van der Waals surface area contributed by atoms with Crippen molar-refractivity contribution < 1.29 is 13.2 Å². The van der Waals surface area contributed by atoms with Gasteiger partial charge in [0, 0.05) is 17.9 Å². The van der Waals surface area contributed by atoms with Gasteiger partial charge in [-0.3, -0.25) is 4.72 Å². The third-order valence-electron chi connectivity index (χ3n) is 2.90. The van der Waals surface area contributed by atoms with Crippen molar-refractivity contribution in [2.75, 3.05) is 22.3 Å². The van der Waals surface area contributed by atoms with Gasteiger partial charge in [-0.2, -0.15) is 0 Å². The SMILES string of the molecule is CCCS(=O)(=O)Nc1ccc(NC(=O)NCCC(C)C)cc1. The predicted molar refractivity (Wildman–Crippen MR) is 90.6 cm³/mol. The largest absolute Gasteiger partial charge is 0.338 e. The lowest BCUT2D eigenvalue weighted by molar-refractivity contribution is 0.251. The van der Waals surface area contributed by atoms with Gasteiger partial charge in [0.15, 0.2) is 0 Å². The van der Waals surface area contributed by atoms with Gasteiger partial charge < -0.3 is 10.6 Å². The van der Waals surface area contributed by atoms with E-state index in [-0.39, 0.29) is 11.8 Å². The fraction of sp³-hybridized carbons (Fsp3) is 0.533. The number of urea groups is 1. The second-order valence-electron chi connectivity index (χ2n) is 5.56. The second-order valence-corrected chi connectivity index (χ2v) is 7.40. The molecule has 0 saturated heterocycles. The molecule has 0 saturated carbocycles. The van der Waals surface area contributed by atoms with Crippen LogP contribution in [0.2, 0.25) is 0 Å². The normalized spacial score (nSPS) is 11.3. The summed E-state index contributed by atoms with van der Waals surface area (Å²) in [6.45, 7) is 6.62. The minimum atomic E-state index is -3.29. The maximum Gasteiger partial charge on any atom is 0.319 e. The summed E-state index contributed by atoms with van der Waals surface area (Å²) in [6, 6.07) is 6.30. The number of benzene rings is 1. The molecule has 0 aliphatic carbocycles. The monoisotopic (exact) mass is 327 g/mol. The van der Waals surface area contributed by atoms with Crippen molar-refractivity contribution >= 4 is 27.4 Å². The van der Waals surface area contributed by atoms with Crippen molar-refractivity contribution in [3.05, 3.63) is 24.3 Å². The Morgan fingerprint density at radius 3 is 2.27 bits per heavy atom. The first kappa shape index (κ1) is 18.3. The molecule has 1 aromatic carbocycles. The molecule has 22 heavy (non-hydrogen) atoms. The van der Waals surface area contributed by atoms with E-state index >= 15 is 0 Å². The zero-order chi connectivity index (χ0) is 16.6. The maximum atomic E-state index is 11.7. The van der Waals surface area contributed by atoms with Crippen LogP contribution in [0.25, 0.3) is 0 Å². The molecular formula is C15H25N3O3S. The molecule has 0 aliphatic heterocycles. The quantitative estimate of drug-likeness (QED) is 0.686. The molecule has 1 aromatic rings. The average molecular weight is 327 g/mol. The minimum absolute atomic E-state index is 0.0886. The van der Waals surface area contributed by atoms with Crippen molar-refractivity contribution in [3.8, 4) is 0 Å². The van der Waals surface area contributed by atoms with Gasteiger partial charge in [0.2, 0.25) is 10.0 Å². The molecule has 0 aromatic heterocycles. The molecule has 7 heteroatoms. The van der Waals surface area contributed by atoms with E-state index in [2.05, 4.69) is 29.2 Å². The summed E-state index contributed by atoms with van der Waals surface area (Å²) in [7, 11) is -3.29. The van der Waals surface area contributed by atoms with Gasteiger partial charge in [-0.15, -0.1) is 0 Å². The molecule has 0 spiro atoms. The van der Waals surface area contributed by atoms with Crippen LogP contribution in [-0.2, 0) is 10.0 Å². The number of rotatable bonds is 8. The molecule has 0 aliphatic rings. The first-order chi connectivity index (χ1) is 10.3. The van der Waals surface area contributed by atoms with Gasteiger partial charge in [-0.05, 0) is 43.0 Å². The van der Waals surface area contributed by atoms with Crippen LogP contribution < -0.4 is 15.4 Å². The van der Waals surface area contributed by atoms with Crippen LogP contribution in [0.4, 0.5) is 16.2 Å². The molecule has 0 atom stereocenters. The summed E-state index contributed by atoms with van der Waals surface area (Å²) in [4.78, 5) is 11.7. The van der Waals surface area contributed by atoms with Gasteiger partial charge in [0.05, 0.1) is 5.75 Å². The van der Waals surface area contributed by atoms with Crippen molar-refractivity contribution in [2.45, 2.75) is 33.6 Å². The van der Waals surface area contributed by atoms with Crippen molar-refractivity contribution in [1.82, 2.24) is 5.32 Å². The van der Waals surface area contributed by atoms with Crippen LogP contribution in [0, 0.1) is 5.92 Å². The fourth-order valence-corrected chi connectivity index (χ4v) is 2.91. The van der Waals surface area contributed by atoms with Crippen LogP contribution >= 0.6 is 0 Å². The molecule has 1 rings (SSSR count). The Hall–Kier alpha value is -1.76. The lowest BCUT2D eigenvalue weighted by Crippen LogP contribution is -2.30. The molecule has 6 nitrogen and oxygen atoms in total. The fourth-order valence-electron chi connectivity index (χ4n) is 1.77. The average Bonchev–Trinajstić information content (AvgIpc) is 2.40. The molecule has 124 valence electrons. The van der Waals surface area contributed by atoms with Gasteiger partial charge in [-0.25, -0.2) is 13.2 Å². The van der Waals surface area contributed by atoms with Crippen molar-refractivity contribution in [1.29, 1.82) is 0 Å². The van der Waals surface area contributed by atoms with Gasteiger partial charge >= 0.3 is 6.03 Å². The molecule has 3 N–H and O–H groups in total. The molecule has 0 fully saturated rings. The van der Waals surface area contributed by atoms with Gasteiger partial charge in [0.1, 0.15) is 0 Å². The van der Waals surface area contributed by atoms with Crippen molar-refractivity contribution in [3.63, 3.8) is 0 Å². The number of anilines is 2. The minimum Gasteiger partial charge on any atom is -0.338 e. The number of carbonyl (C=O) groups is 1. The molecular weight excluding hydrogens is 302 g/mol. The summed E-state index contributed by atoms with van der Waals surface area (Å²) in [5, 5.41) is 5.47. The highest BCUT2D eigenvalue weighted by molar-refractivity contribution is 7.92. The number of nitrogens with one attached hydrogen (secondary N) is 3. The summed E-state index contributed by atoms with van der Waals surface area (Å²) >= 11 is 0. The van der Waals surface area contributed by atoms with Crippen LogP contribution in [0.3, 0.4) is 0 Å². The number of amides is 2. The zero-order valence-electron chi connectivity index (χ0n) is 13.3. The zero-order valence-corrected chi connectivity index (χ0v) is 14.2. The Bertz CT molecular complexity index is 568. The summed E-state index contributed by atoms with van der Waals surface area (Å²) in [5.74, 6) is 0.626. The lowest BCUT2D eigenvalue weighted by atomic mass is 10.1. The first-order valence-corrected chi connectivity index (χ1v) is 9.13. The van der Waals surface area contributed by atoms with Gasteiger partial charge in [0.25, 0.3) is 0 Å². The van der Waals surface area contributed by atoms with Crippen molar-refractivity contribution in [2.24, 2.45) is 5.92 Å². The smallest absolute Gasteiger partial charge is 0.319 e.